The van der Waals surface area contributed by atoms with Gasteiger partial charge in [0, 0.05) is 6.20 Å². The Hall–Kier alpha value is -2.46. The Labute approximate surface area is 160 Å². The highest BCUT2D eigenvalue weighted by molar-refractivity contribution is 7.20. The van der Waals surface area contributed by atoms with E-state index in [0.29, 0.717) is 15.2 Å². The number of rotatable bonds is 4. The molecule has 0 unspecified atom stereocenters. The molecule has 4 rings (SSSR count). The number of halogens is 1. The first-order valence-corrected chi connectivity index (χ1v) is 9.49. The van der Waals surface area contributed by atoms with Crippen LogP contribution in [0, 0.1) is 6.92 Å². The SMILES string of the molecule is Cc1nc2cccc(Cl)n2c1-c1cnc(Nc2ccc(C(=O)NO)s2)s1. The van der Waals surface area contributed by atoms with Gasteiger partial charge in [-0.2, -0.15) is 0 Å². The van der Waals surface area contributed by atoms with Crippen molar-refractivity contribution in [1.29, 1.82) is 0 Å². The molecule has 0 saturated carbocycles. The summed E-state index contributed by atoms with van der Waals surface area (Å²) in [5.41, 5.74) is 4.17. The first kappa shape index (κ1) is 17.0. The predicted octanol–water partition coefficient (Wildman–Crippen LogP) is 4.34. The molecule has 0 spiro atoms. The van der Waals surface area contributed by atoms with Crippen LogP contribution in [0.3, 0.4) is 0 Å². The molecular weight excluding hydrogens is 394 g/mol. The highest BCUT2D eigenvalue weighted by atomic mass is 35.5. The molecule has 0 aliphatic heterocycles. The summed E-state index contributed by atoms with van der Waals surface area (Å²) >= 11 is 9.02. The lowest BCUT2D eigenvalue weighted by atomic mass is 10.3. The van der Waals surface area contributed by atoms with Crippen molar-refractivity contribution in [1.82, 2.24) is 19.8 Å². The minimum atomic E-state index is -0.543. The van der Waals surface area contributed by atoms with Crippen LogP contribution < -0.4 is 10.8 Å². The van der Waals surface area contributed by atoms with E-state index in [1.165, 1.54) is 22.7 Å². The average molecular weight is 406 g/mol. The van der Waals surface area contributed by atoms with Crippen LogP contribution in [0.15, 0.2) is 36.5 Å². The monoisotopic (exact) mass is 405 g/mol. The number of carbonyl (C=O) groups is 1. The molecule has 26 heavy (non-hydrogen) atoms. The maximum absolute atomic E-state index is 11.4. The average Bonchev–Trinajstić information content (AvgIpc) is 3.33. The summed E-state index contributed by atoms with van der Waals surface area (Å²) in [7, 11) is 0. The molecule has 3 N–H and O–H groups in total. The van der Waals surface area contributed by atoms with Gasteiger partial charge in [-0.1, -0.05) is 29.0 Å². The van der Waals surface area contributed by atoms with Gasteiger partial charge in [-0.05, 0) is 31.2 Å². The summed E-state index contributed by atoms with van der Waals surface area (Å²) in [5, 5.41) is 13.9. The Morgan fingerprint density at radius 1 is 1.27 bits per heavy atom. The number of nitrogens with one attached hydrogen (secondary N) is 2. The second kappa shape index (κ2) is 6.69. The zero-order chi connectivity index (χ0) is 18.3. The van der Waals surface area contributed by atoms with E-state index < -0.39 is 5.91 Å². The van der Waals surface area contributed by atoms with Gasteiger partial charge in [-0.15, -0.1) is 11.3 Å². The van der Waals surface area contributed by atoms with Crippen LogP contribution in [-0.2, 0) is 0 Å². The Morgan fingerprint density at radius 2 is 2.12 bits per heavy atom. The van der Waals surface area contributed by atoms with Gasteiger partial charge in [0.15, 0.2) is 5.13 Å². The molecule has 0 fully saturated rings. The fraction of sp³-hybridized carbons (Fsp3) is 0.0625. The molecule has 7 nitrogen and oxygen atoms in total. The number of thiophene rings is 1. The molecular formula is C16H12ClN5O2S2. The number of pyridine rings is 1. The number of imidazole rings is 1. The standard InChI is InChI=1S/C16H12ClN5O2S2/c1-8-14(22-11(17)3-2-4-12(22)19-8)10-7-18-16(26-10)20-13-6-5-9(25-13)15(23)21-24/h2-7,24H,1H3,(H,18,20)(H,21,23). The maximum Gasteiger partial charge on any atom is 0.284 e. The predicted molar refractivity (Wildman–Crippen MR) is 103 cm³/mol. The Kier molecular flexibility index (Phi) is 4.37. The minimum Gasteiger partial charge on any atom is -0.323 e. The Bertz CT molecular complexity index is 1120. The highest BCUT2D eigenvalue weighted by Gasteiger charge is 2.16. The molecule has 10 heteroatoms. The summed E-state index contributed by atoms with van der Waals surface area (Å²) in [6, 6.07) is 8.97. The molecule has 1 amide bonds. The number of fused-ring (bicyclic) bond motifs is 1. The lowest BCUT2D eigenvalue weighted by Crippen LogP contribution is -2.16. The van der Waals surface area contributed by atoms with E-state index in [2.05, 4.69) is 15.3 Å². The van der Waals surface area contributed by atoms with Crippen molar-refractivity contribution in [3.63, 3.8) is 0 Å². The van der Waals surface area contributed by atoms with Crippen LogP contribution in [0.5, 0.6) is 0 Å². The molecule has 4 heterocycles. The number of thiazole rings is 1. The summed E-state index contributed by atoms with van der Waals surface area (Å²) < 4.78 is 1.89. The normalized spacial score (nSPS) is 11.0. The van der Waals surface area contributed by atoms with Crippen LogP contribution >= 0.6 is 34.3 Å². The van der Waals surface area contributed by atoms with E-state index in [1.54, 1.807) is 23.8 Å². The number of hydrogen-bond acceptors (Lipinski definition) is 7. The number of amides is 1. The smallest absolute Gasteiger partial charge is 0.284 e. The van der Waals surface area contributed by atoms with Crippen molar-refractivity contribution < 1.29 is 10.0 Å². The first-order valence-electron chi connectivity index (χ1n) is 7.48. The van der Waals surface area contributed by atoms with E-state index in [9.17, 15) is 4.79 Å². The summed E-state index contributed by atoms with van der Waals surface area (Å²) in [6.07, 6.45) is 1.77. The summed E-state index contributed by atoms with van der Waals surface area (Å²) in [5.74, 6) is -0.543. The van der Waals surface area contributed by atoms with E-state index in [0.717, 1.165) is 26.9 Å². The zero-order valence-electron chi connectivity index (χ0n) is 13.4. The molecule has 0 aliphatic carbocycles. The highest BCUT2D eigenvalue weighted by Crippen LogP contribution is 2.35. The Balaban J connectivity index is 1.66. The molecule has 0 aliphatic rings. The zero-order valence-corrected chi connectivity index (χ0v) is 15.7. The molecule has 4 aromatic heterocycles. The number of aromatic nitrogens is 3. The van der Waals surface area contributed by atoms with Crippen LogP contribution in [0.1, 0.15) is 15.4 Å². The lowest BCUT2D eigenvalue weighted by Gasteiger charge is -2.02. The number of hydrogen-bond donors (Lipinski definition) is 3. The third-order valence-electron chi connectivity index (χ3n) is 3.67. The molecule has 4 aromatic rings. The number of anilines is 2. The van der Waals surface area contributed by atoms with Crippen molar-refractivity contribution >= 4 is 56.0 Å². The van der Waals surface area contributed by atoms with E-state index in [1.807, 2.05) is 29.5 Å². The third-order valence-corrected chi connectivity index (χ3v) is 5.88. The van der Waals surface area contributed by atoms with Crippen molar-refractivity contribution in [2.45, 2.75) is 6.92 Å². The van der Waals surface area contributed by atoms with Crippen LogP contribution in [-0.4, -0.2) is 25.5 Å². The number of hydroxylamine groups is 1. The molecule has 0 atom stereocenters. The minimum absolute atomic E-state index is 0.399. The van der Waals surface area contributed by atoms with Crippen molar-refractivity contribution in [3.8, 4) is 10.6 Å². The van der Waals surface area contributed by atoms with Gasteiger partial charge in [0.25, 0.3) is 5.91 Å². The largest absolute Gasteiger partial charge is 0.323 e. The fourth-order valence-electron chi connectivity index (χ4n) is 2.58. The van der Waals surface area contributed by atoms with Crippen molar-refractivity contribution in [2.75, 3.05) is 5.32 Å². The molecule has 0 radical (unpaired) electrons. The number of nitrogens with zero attached hydrogens (tertiary/aromatic N) is 3. The van der Waals surface area contributed by atoms with Gasteiger partial charge >= 0.3 is 0 Å². The van der Waals surface area contributed by atoms with Crippen molar-refractivity contribution in [2.24, 2.45) is 0 Å². The van der Waals surface area contributed by atoms with E-state index in [-0.39, 0.29) is 0 Å². The molecule has 0 saturated heterocycles. The second-order valence-electron chi connectivity index (χ2n) is 5.35. The van der Waals surface area contributed by atoms with Gasteiger partial charge in [-0.3, -0.25) is 14.4 Å². The van der Waals surface area contributed by atoms with E-state index >= 15 is 0 Å². The lowest BCUT2D eigenvalue weighted by molar-refractivity contribution is 0.0711. The number of aryl methyl sites for hydroxylation is 1. The number of carbonyl (C=O) groups excluding carboxylic acids is 1. The molecule has 0 aromatic carbocycles. The van der Waals surface area contributed by atoms with Gasteiger partial charge in [-0.25, -0.2) is 15.4 Å². The van der Waals surface area contributed by atoms with Gasteiger partial charge in [0.1, 0.15) is 10.8 Å². The van der Waals surface area contributed by atoms with Gasteiger partial charge in [0.05, 0.1) is 26.1 Å². The van der Waals surface area contributed by atoms with Crippen LogP contribution in [0.25, 0.3) is 16.2 Å². The van der Waals surface area contributed by atoms with Gasteiger partial charge in [0.2, 0.25) is 0 Å². The fourth-order valence-corrected chi connectivity index (χ4v) is 4.60. The topological polar surface area (TPSA) is 91.5 Å². The van der Waals surface area contributed by atoms with Gasteiger partial charge < -0.3 is 5.32 Å². The summed E-state index contributed by atoms with van der Waals surface area (Å²) in [6.45, 7) is 1.94. The molecule has 132 valence electrons. The van der Waals surface area contributed by atoms with Crippen LogP contribution in [0.2, 0.25) is 5.15 Å². The van der Waals surface area contributed by atoms with Crippen LogP contribution in [0.4, 0.5) is 10.1 Å². The van der Waals surface area contributed by atoms with E-state index in [4.69, 9.17) is 16.8 Å². The second-order valence-corrected chi connectivity index (χ2v) is 7.85. The summed E-state index contributed by atoms with van der Waals surface area (Å²) in [4.78, 5) is 21.7. The Morgan fingerprint density at radius 3 is 2.92 bits per heavy atom. The third kappa shape index (κ3) is 2.95. The molecule has 0 bridgehead atoms. The van der Waals surface area contributed by atoms with Crippen molar-refractivity contribution in [3.05, 3.63) is 52.3 Å². The quantitative estimate of drug-likeness (QED) is 0.267. The first-order chi connectivity index (χ1) is 12.6. The maximum atomic E-state index is 11.4.